The van der Waals surface area contributed by atoms with Crippen molar-refractivity contribution >= 4 is 0 Å². The highest BCUT2D eigenvalue weighted by atomic mass is 16.5. The molecule has 34 valence electrons. The molecule has 0 spiro atoms. The van der Waals surface area contributed by atoms with Gasteiger partial charge in [-0.25, -0.2) is 0 Å². The third-order valence-corrected chi connectivity index (χ3v) is 0.823. The maximum absolute atomic E-state index is 4.80. The van der Waals surface area contributed by atoms with Gasteiger partial charge in [-0.15, -0.1) is 0 Å². The molecule has 0 saturated carbocycles. The van der Waals surface area contributed by atoms with Gasteiger partial charge in [0.1, 0.15) is 0 Å². The van der Waals surface area contributed by atoms with Gasteiger partial charge in [0, 0.05) is 7.11 Å². The highest BCUT2D eigenvalue weighted by Crippen LogP contribution is 2.16. The molecule has 0 aliphatic heterocycles. The van der Waals surface area contributed by atoms with Gasteiger partial charge >= 0.3 is 0 Å². The minimum atomic E-state index is 0.847. The third kappa shape index (κ3) is 0.830. The molecule has 0 heterocycles. The van der Waals surface area contributed by atoms with Crippen molar-refractivity contribution in [1.82, 2.24) is 0 Å². The van der Waals surface area contributed by atoms with E-state index in [0.717, 1.165) is 6.61 Å². The van der Waals surface area contributed by atoms with Crippen LogP contribution in [-0.2, 0) is 4.74 Å². The zero-order chi connectivity index (χ0) is 4.41. The molecule has 0 N–H and O–H groups in total. The predicted octanol–water partition coefficient (Wildman–Crippen LogP) is 0.963. The van der Waals surface area contributed by atoms with Crippen molar-refractivity contribution in [3.8, 4) is 0 Å². The maximum atomic E-state index is 4.80. The summed E-state index contributed by atoms with van der Waals surface area (Å²) in [6.07, 6.45) is 3.36. The molecule has 0 aromatic rings. The van der Waals surface area contributed by atoms with Crippen LogP contribution in [-0.4, -0.2) is 13.7 Å². The van der Waals surface area contributed by atoms with E-state index in [1.807, 2.05) is 0 Å². The lowest BCUT2D eigenvalue weighted by Crippen LogP contribution is -1.80. The summed E-state index contributed by atoms with van der Waals surface area (Å²) in [5.41, 5.74) is 1.44. The Labute approximate surface area is 37.6 Å². The van der Waals surface area contributed by atoms with E-state index in [9.17, 15) is 0 Å². The summed E-state index contributed by atoms with van der Waals surface area (Å²) in [5.74, 6) is 0. The lowest BCUT2D eigenvalue weighted by atomic mass is 10.5. The lowest BCUT2D eigenvalue weighted by Gasteiger charge is -1.84. The number of ether oxygens (including phenoxy) is 1. The van der Waals surface area contributed by atoms with Crippen molar-refractivity contribution < 1.29 is 4.74 Å². The number of hydrogen-bond acceptors (Lipinski definition) is 1. The van der Waals surface area contributed by atoms with Gasteiger partial charge in [-0.1, -0.05) is 6.08 Å². The Balaban J connectivity index is 2.02. The van der Waals surface area contributed by atoms with Crippen molar-refractivity contribution in [3.05, 3.63) is 11.6 Å². The SMILES string of the molecule is COCC1=CC1. The van der Waals surface area contributed by atoms with E-state index in [-0.39, 0.29) is 0 Å². The summed E-state index contributed by atoms with van der Waals surface area (Å²) in [6, 6.07) is 0. The number of hydrogen-bond donors (Lipinski definition) is 0. The fourth-order valence-electron chi connectivity index (χ4n) is 0.375. The van der Waals surface area contributed by atoms with Gasteiger partial charge < -0.3 is 4.74 Å². The molecule has 0 atom stereocenters. The van der Waals surface area contributed by atoms with Crippen molar-refractivity contribution in [2.45, 2.75) is 6.42 Å². The second-order valence-corrected chi connectivity index (χ2v) is 1.50. The Morgan fingerprint density at radius 1 is 2.00 bits per heavy atom. The topological polar surface area (TPSA) is 9.23 Å². The van der Waals surface area contributed by atoms with Crippen LogP contribution in [0.5, 0.6) is 0 Å². The van der Waals surface area contributed by atoms with Crippen LogP contribution in [0.3, 0.4) is 0 Å². The van der Waals surface area contributed by atoms with Crippen LogP contribution in [0.4, 0.5) is 0 Å². The molecular formula is C5H8O. The van der Waals surface area contributed by atoms with Crippen LogP contribution in [0.1, 0.15) is 6.42 Å². The van der Waals surface area contributed by atoms with Gasteiger partial charge in [-0.2, -0.15) is 0 Å². The Bertz CT molecular complexity index is 74.0. The molecule has 1 heteroatoms. The van der Waals surface area contributed by atoms with E-state index in [1.165, 1.54) is 12.0 Å². The molecule has 0 aromatic carbocycles. The number of rotatable bonds is 2. The van der Waals surface area contributed by atoms with Crippen LogP contribution in [0.15, 0.2) is 11.6 Å². The van der Waals surface area contributed by atoms with Crippen molar-refractivity contribution in [1.29, 1.82) is 0 Å². The van der Waals surface area contributed by atoms with Crippen LogP contribution in [0, 0.1) is 0 Å². The van der Waals surface area contributed by atoms with E-state index in [1.54, 1.807) is 7.11 Å². The Hall–Kier alpha value is -0.300. The average Bonchev–Trinajstić information content (AvgIpc) is 2.21. The number of allylic oxidation sites excluding steroid dienone is 1. The predicted molar refractivity (Wildman–Crippen MR) is 24.6 cm³/mol. The smallest absolute Gasteiger partial charge is 0.0676 e. The fourth-order valence-corrected chi connectivity index (χ4v) is 0.375. The third-order valence-electron chi connectivity index (χ3n) is 0.823. The summed E-state index contributed by atoms with van der Waals surface area (Å²) in [5, 5.41) is 0. The highest BCUT2D eigenvalue weighted by Gasteiger charge is 2.03. The first-order valence-electron chi connectivity index (χ1n) is 2.10. The van der Waals surface area contributed by atoms with Crippen molar-refractivity contribution in [2.24, 2.45) is 0 Å². The van der Waals surface area contributed by atoms with Crippen LogP contribution >= 0.6 is 0 Å². The second-order valence-electron chi connectivity index (χ2n) is 1.50. The first-order valence-corrected chi connectivity index (χ1v) is 2.10. The monoisotopic (exact) mass is 84.1 g/mol. The van der Waals surface area contributed by atoms with Crippen LogP contribution < -0.4 is 0 Å². The van der Waals surface area contributed by atoms with Crippen molar-refractivity contribution in [2.75, 3.05) is 13.7 Å². The maximum Gasteiger partial charge on any atom is 0.0676 e. The first kappa shape index (κ1) is 3.88. The quantitative estimate of drug-likeness (QED) is 0.453. The van der Waals surface area contributed by atoms with Gasteiger partial charge in [-0.3, -0.25) is 0 Å². The molecule has 0 radical (unpaired) electrons. The van der Waals surface area contributed by atoms with Gasteiger partial charge in [0.25, 0.3) is 0 Å². The minimum absolute atomic E-state index is 0.847. The average molecular weight is 84.1 g/mol. The molecular weight excluding hydrogens is 76.1 g/mol. The van der Waals surface area contributed by atoms with E-state index < -0.39 is 0 Å². The molecule has 1 aliphatic rings. The summed E-state index contributed by atoms with van der Waals surface area (Å²) in [7, 11) is 1.72. The second kappa shape index (κ2) is 1.43. The molecule has 0 bridgehead atoms. The highest BCUT2D eigenvalue weighted by molar-refractivity contribution is 5.21. The fraction of sp³-hybridized carbons (Fsp3) is 0.600. The molecule has 1 aliphatic carbocycles. The van der Waals surface area contributed by atoms with Gasteiger partial charge in [-0.05, 0) is 12.0 Å². The molecule has 6 heavy (non-hydrogen) atoms. The van der Waals surface area contributed by atoms with Gasteiger partial charge in [0.2, 0.25) is 0 Å². The molecule has 0 fully saturated rings. The molecule has 0 aromatic heterocycles. The molecule has 0 saturated heterocycles. The Kier molecular flexibility index (Phi) is 0.926. The van der Waals surface area contributed by atoms with E-state index >= 15 is 0 Å². The Morgan fingerprint density at radius 2 is 2.67 bits per heavy atom. The van der Waals surface area contributed by atoms with E-state index in [4.69, 9.17) is 4.74 Å². The molecule has 1 rings (SSSR count). The van der Waals surface area contributed by atoms with Crippen LogP contribution in [0.2, 0.25) is 0 Å². The van der Waals surface area contributed by atoms with E-state index in [0.29, 0.717) is 0 Å². The first-order chi connectivity index (χ1) is 2.93. The zero-order valence-corrected chi connectivity index (χ0v) is 3.90. The summed E-state index contributed by atoms with van der Waals surface area (Å²) >= 11 is 0. The van der Waals surface area contributed by atoms with Gasteiger partial charge in [0.05, 0.1) is 6.61 Å². The molecule has 0 amide bonds. The van der Waals surface area contributed by atoms with Gasteiger partial charge in [0.15, 0.2) is 0 Å². The summed E-state index contributed by atoms with van der Waals surface area (Å²) < 4.78 is 4.80. The number of methoxy groups -OCH3 is 1. The lowest BCUT2D eigenvalue weighted by molar-refractivity contribution is 0.229. The summed E-state index contributed by atoms with van der Waals surface area (Å²) in [6.45, 7) is 0.847. The molecule has 0 unspecified atom stereocenters. The zero-order valence-electron chi connectivity index (χ0n) is 3.90. The van der Waals surface area contributed by atoms with Crippen LogP contribution in [0.25, 0.3) is 0 Å². The summed E-state index contributed by atoms with van der Waals surface area (Å²) in [4.78, 5) is 0. The largest absolute Gasteiger partial charge is 0.380 e. The standard InChI is InChI=1S/C5H8O/c1-6-4-5-2-3-5/h2H,3-4H2,1H3. The Morgan fingerprint density at radius 3 is 2.83 bits per heavy atom. The minimum Gasteiger partial charge on any atom is -0.380 e. The van der Waals surface area contributed by atoms with Crippen molar-refractivity contribution in [3.63, 3.8) is 0 Å². The normalized spacial score (nSPS) is 17.2. The molecule has 1 nitrogen and oxygen atoms in total. The van der Waals surface area contributed by atoms with E-state index in [2.05, 4.69) is 6.08 Å².